The number of nitrogens with zero attached hydrogens (tertiary/aromatic N) is 3. The van der Waals surface area contributed by atoms with Crippen LogP contribution in [0.15, 0.2) is 200 Å². The van der Waals surface area contributed by atoms with E-state index in [9.17, 15) is 15.2 Å². The number of carbonyl (C=O) groups is 1. The molecule has 0 amide bonds. The highest BCUT2D eigenvalue weighted by Crippen LogP contribution is 2.40. The predicted octanol–water partition coefficient (Wildman–Crippen LogP) is 12.9. The molecule has 0 saturated heterocycles. The van der Waals surface area contributed by atoms with Gasteiger partial charge in [-0.25, -0.2) is 0 Å². The Morgan fingerprint density at radius 2 is 0.782 bits per heavy atom. The van der Waals surface area contributed by atoms with Gasteiger partial charge in [-0.1, -0.05) is 127 Å². The number of hydrogen-bond acceptors (Lipinski definition) is 4. The van der Waals surface area contributed by atoms with Crippen LogP contribution in [0.2, 0.25) is 0 Å². The SMILES string of the molecule is N#CC(Cc1ccc(N(c2ccccc2)c2ccc(-c3ccc(-c4ccc(N(c5ccccc5)c5ccccc5)cc4)c4ccccc34)cc2)cc1)C(=O)O. The number of carboxylic acids is 1. The van der Waals surface area contributed by atoms with Crippen LogP contribution in [-0.2, 0) is 11.2 Å². The molecule has 55 heavy (non-hydrogen) atoms. The molecule has 1 unspecified atom stereocenters. The van der Waals surface area contributed by atoms with E-state index >= 15 is 0 Å². The van der Waals surface area contributed by atoms with E-state index in [1.54, 1.807) is 0 Å². The van der Waals surface area contributed by atoms with Gasteiger partial charge < -0.3 is 14.9 Å². The van der Waals surface area contributed by atoms with Gasteiger partial charge >= 0.3 is 5.97 Å². The monoisotopic (exact) mass is 711 g/mol. The fourth-order valence-corrected chi connectivity index (χ4v) is 7.21. The fraction of sp³-hybridized carbons (Fsp3) is 0.0400. The number of anilines is 6. The van der Waals surface area contributed by atoms with Crippen molar-refractivity contribution in [3.05, 3.63) is 206 Å². The van der Waals surface area contributed by atoms with Crippen molar-refractivity contribution >= 4 is 50.9 Å². The van der Waals surface area contributed by atoms with Crippen molar-refractivity contribution < 1.29 is 9.90 Å². The summed E-state index contributed by atoms with van der Waals surface area (Å²) in [7, 11) is 0. The van der Waals surface area contributed by atoms with Crippen molar-refractivity contribution in [1.29, 1.82) is 5.26 Å². The van der Waals surface area contributed by atoms with Gasteiger partial charge in [-0.05, 0) is 118 Å². The van der Waals surface area contributed by atoms with Crippen LogP contribution in [0.3, 0.4) is 0 Å². The molecule has 8 aromatic carbocycles. The van der Waals surface area contributed by atoms with E-state index in [0.717, 1.165) is 56.4 Å². The third-order valence-corrected chi connectivity index (χ3v) is 9.93. The molecule has 0 bridgehead atoms. The molecular weight excluding hydrogens is 675 g/mol. The van der Waals surface area contributed by atoms with Crippen molar-refractivity contribution in [2.45, 2.75) is 6.42 Å². The molecule has 0 aliphatic carbocycles. The van der Waals surface area contributed by atoms with Gasteiger partial charge in [0.25, 0.3) is 0 Å². The molecule has 1 N–H and O–H groups in total. The largest absolute Gasteiger partial charge is 0.480 e. The molecule has 8 rings (SSSR count). The number of nitriles is 1. The van der Waals surface area contributed by atoms with Crippen LogP contribution in [-0.4, -0.2) is 11.1 Å². The number of hydrogen-bond donors (Lipinski definition) is 1. The number of carboxylic acid groups (broad SMARTS) is 1. The molecular formula is C50H37N3O2. The molecule has 0 aromatic heterocycles. The first-order chi connectivity index (χ1) is 27.1. The zero-order valence-corrected chi connectivity index (χ0v) is 30.0. The zero-order chi connectivity index (χ0) is 37.6. The van der Waals surface area contributed by atoms with Crippen LogP contribution in [0.5, 0.6) is 0 Å². The predicted molar refractivity (Wildman–Crippen MR) is 225 cm³/mol. The highest BCUT2D eigenvalue weighted by atomic mass is 16.4. The van der Waals surface area contributed by atoms with Gasteiger partial charge in [0.2, 0.25) is 0 Å². The highest BCUT2D eigenvalue weighted by molar-refractivity contribution is 6.05. The fourth-order valence-electron chi connectivity index (χ4n) is 7.21. The summed E-state index contributed by atoms with van der Waals surface area (Å²) in [4.78, 5) is 15.9. The van der Waals surface area contributed by atoms with Crippen LogP contribution < -0.4 is 9.80 Å². The van der Waals surface area contributed by atoms with E-state index in [1.807, 2.05) is 60.7 Å². The molecule has 0 spiro atoms. The summed E-state index contributed by atoms with van der Waals surface area (Å²) < 4.78 is 0. The Balaban J connectivity index is 1.11. The maximum atomic E-state index is 11.4. The molecule has 5 heteroatoms. The van der Waals surface area contributed by atoms with Gasteiger partial charge in [0.05, 0.1) is 6.07 Å². The Hall–Kier alpha value is -7.42. The summed E-state index contributed by atoms with van der Waals surface area (Å²) in [5.41, 5.74) is 11.6. The van der Waals surface area contributed by atoms with Crippen LogP contribution in [0.25, 0.3) is 33.0 Å². The molecule has 0 heterocycles. The molecule has 0 aliphatic heterocycles. The molecule has 5 nitrogen and oxygen atoms in total. The Labute approximate surface area is 321 Å². The Bertz CT molecular complexity index is 2540. The Morgan fingerprint density at radius 1 is 0.455 bits per heavy atom. The summed E-state index contributed by atoms with van der Waals surface area (Å²) in [6.45, 7) is 0. The van der Waals surface area contributed by atoms with E-state index in [2.05, 4.69) is 155 Å². The average molecular weight is 712 g/mol. The van der Waals surface area contributed by atoms with Gasteiger partial charge in [0, 0.05) is 34.1 Å². The topological polar surface area (TPSA) is 67.6 Å². The van der Waals surface area contributed by atoms with Crippen LogP contribution in [0.1, 0.15) is 5.56 Å². The van der Waals surface area contributed by atoms with E-state index in [-0.39, 0.29) is 6.42 Å². The highest BCUT2D eigenvalue weighted by Gasteiger charge is 2.19. The quantitative estimate of drug-likeness (QED) is 0.145. The summed E-state index contributed by atoms with van der Waals surface area (Å²) in [6, 6.07) is 71.2. The number of rotatable bonds is 11. The van der Waals surface area contributed by atoms with Crippen molar-refractivity contribution in [3.63, 3.8) is 0 Å². The molecule has 1 atom stereocenters. The molecule has 0 fully saturated rings. The first-order valence-corrected chi connectivity index (χ1v) is 18.3. The summed E-state index contributed by atoms with van der Waals surface area (Å²) in [5, 5.41) is 21.0. The van der Waals surface area contributed by atoms with Gasteiger partial charge in [-0.15, -0.1) is 0 Å². The second-order valence-electron chi connectivity index (χ2n) is 13.4. The summed E-state index contributed by atoms with van der Waals surface area (Å²) in [6.07, 6.45) is 0.158. The lowest BCUT2D eigenvalue weighted by Crippen LogP contribution is -2.14. The Morgan fingerprint density at radius 3 is 1.13 bits per heavy atom. The van der Waals surface area contributed by atoms with Crippen molar-refractivity contribution in [1.82, 2.24) is 0 Å². The van der Waals surface area contributed by atoms with Crippen LogP contribution >= 0.6 is 0 Å². The number of aliphatic carboxylic acids is 1. The van der Waals surface area contributed by atoms with Crippen LogP contribution in [0.4, 0.5) is 34.1 Å². The Kier molecular flexibility index (Phi) is 9.87. The van der Waals surface area contributed by atoms with Gasteiger partial charge in [-0.3, -0.25) is 4.79 Å². The normalized spacial score (nSPS) is 11.4. The van der Waals surface area contributed by atoms with Crippen molar-refractivity contribution in [2.24, 2.45) is 5.92 Å². The van der Waals surface area contributed by atoms with E-state index in [0.29, 0.717) is 0 Å². The number of para-hydroxylation sites is 3. The number of benzene rings is 8. The second kappa shape index (κ2) is 15.7. The molecule has 264 valence electrons. The van der Waals surface area contributed by atoms with E-state index in [4.69, 9.17) is 0 Å². The first-order valence-electron chi connectivity index (χ1n) is 18.3. The third kappa shape index (κ3) is 7.30. The van der Waals surface area contributed by atoms with E-state index in [1.165, 1.54) is 16.3 Å². The van der Waals surface area contributed by atoms with Gasteiger partial charge in [-0.2, -0.15) is 5.26 Å². The standard InChI is InChI=1S/C50H37N3O2/c51-35-39(50(54)55)34-36-20-26-43(27-21-36)53(42-16-8-3-9-17-42)45-30-24-38(25-31-45)47-33-32-46(48-18-10-11-19-49(47)48)37-22-28-44(29-23-37)52(40-12-4-1-5-13-40)41-14-6-2-7-15-41/h1-33,39H,34H2,(H,54,55). The maximum Gasteiger partial charge on any atom is 0.321 e. The first kappa shape index (κ1) is 34.7. The molecule has 8 aromatic rings. The minimum Gasteiger partial charge on any atom is -0.480 e. The minimum atomic E-state index is -1.11. The van der Waals surface area contributed by atoms with Gasteiger partial charge in [0.1, 0.15) is 5.92 Å². The van der Waals surface area contributed by atoms with Gasteiger partial charge in [0.15, 0.2) is 0 Å². The molecule has 0 saturated carbocycles. The molecule has 0 radical (unpaired) electrons. The minimum absolute atomic E-state index is 0.158. The lowest BCUT2D eigenvalue weighted by molar-refractivity contribution is -0.139. The maximum absolute atomic E-state index is 11.4. The van der Waals surface area contributed by atoms with Crippen molar-refractivity contribution in [2.75, 3.05) is 9.80 Å². The number of fused-ring (bicyclic) bond motifs is 1. The lowest BCUT2D eigenvalue weighted by atomic mass is 9.92. The van der Waals surface area contributed by atoms with Crippen LogP contribution in [0, 0.1) is 17.2 Å². The smallest absolute Gasteiger partial charge is 0.321 e. The molecule has 0 aliphatic rings. The third-order valence-electron chi connectivity index (χ3n) is 9.93. The zero-order valence-electron chi connectivity index (χ0n) is 30.0. The summed E-state index contributed by atoms with van der Waals surface area (Å²) in [5.74, 6) is -2.19. The van der Waals surface area contributed by atoms with E-state index < -0.39 is 11.9 Å². The average Bonchev–Trinajstić information content (AvgIpc) is 3.25. The summed E-state index contributed by atoms with van der Waals surface area (Å²) >= 11 is 0. The lowest BCUT2D eigenvalue weighted by Gasteiger charge is -2.26. The van der Waals surface area contributed by atoms with Crippen molar-refractivity contribution in [3.8, 4) is 28.3 Å². The second-order valence-corrected chi connectivity index (χ2v) is 13.4.